The number of amides is 3. The van der Waals surface area contributed by atoms with E-state index in [0.29, 0.717) is 16.3 Å². The third-order valence-corrected chi connectivity index (χ3v) is 8.62. The molecule has 0 aromatic heterocycles. The molecule has 12 heteroatoms. The molecule has 0 spiro atoms. The Morgan fingerprint density at radius 1 is 1.00 bits per heavy atom. The van der Waals surface area contributed by atoms with Gasteiger partial charge in [0, 0.05) is 29.2 Å². The lowest BCUT2D eigenvalue weighted by Gasteiger charge is -2.27. The van der Waals surface area contributed by atoms with Crippen LogP contribution in [0.2, 0.25) is 15.1 Å². The SMILES string of the molecule is CC(=O)Nc1ccc(N2C(=O)CC(N(Cc3ccccc3Cl)S(=O)(=O)c3cc(Cl)ccc3Cl)C2=O)cc1. The van der Waals surface area contributed by atoms with Gasteiger partial charge in [0.1, 0.15) is 10.9 Å². The van der Waals surface area contributed by atoms with Gasteiger partial charge >= 0.3 is 0 Å². The minimum Gasteiger partial charge on any atom is -0.326 e. The van der Waals surface area contributed by atoms with Crippen LogP contribution in [0.3, 0.4) is 0 Å². The molecule has 0 radical (unpaired) electrons. The fraction of sp³-hybridized carbons (Fsp3) is 0.160. The van der Waals surface area contributed by atoms with E-state index >= 15 is 0 Å². The molecule has 1 aliphatic rings. The Labute approximate surface area is 228 Å². The summed E-state index contributed by atoms with van der Waals surface area (Å²) >= 11 is 18.6. The molecule has 1 N–H and O–H groups in total. The number of benzene rings is 3. The zero-order chi connectivity index (χ0) is 26.9. The Morgan fingerprint density at radius 3 is 2.32 bits per heavy atom. The average Bonchev–Trinajstić information content (AvgIpc) is 3.13. The minimum absolute atomic E-state index is 0.0873. The first-order chi connectivity index (χ1) is 17.5. The zero-order valence-corrected chi connectivity index (χ0v) is 22.4. The Hall–Kier alpha value is -2.95. The Morgan fingerprint density at radius 2 is 1.68 bits per heavy atom. The molecule has 192 valence electrons. The molecule has 37 heavy (non-hydrogen) atoms. The molecule has 1 aliphatic heterocycles. The second-order valence-electron chi connectivity index (χ2n) is 8.23. The summed E-state index contributed by atoms with van der Waals surface area (Å²) < 4.78 is 28.7. The van der Waals surface area contributed by atoms with Gasteiger partial charge in [-0.2, -0.15) is 4.31 Å². The number of rotatable bonds is 7. The van der Waals surface area contributed by atoms with Crippen LogP contribution in [0, 0.1) is 0 Å². The fourth-order valence-electron chi connectivity index (χ4n) is 3.97. The predicted octanol–water partition coefficient (Wildman–Crippen LogP) is 5.13. The largest absolute Gasteiger partial charge is 0.326 e. The van der Waals surface area contributed by atoms with E-state index < -0.39 is 34.3 Å². The lowest BCUT2D eigenvalue weighted by molar-refractivity contribution is -0.122. The normalized spacial score (nSPS) is 15.9. The van der Waals surface area contributed by atoms with Crippen molar-refractivity contribution < 1.29 is 22.8 Å². The van der Waals surface area contributed by atoms with Crippen molar-refractivity contribution in [3.63, 3.8) is 0 Å². The van der Waals surface area contributed by atoms with Gasteiger partial charge in [0.15, 0.2) is 0 Å². The van der Waals surface area contributed by atoms with Crippen molar-refractivity contribution in [2.45, 2.75) is 30.8 Å². The summed E-state index contributed by atoms with van der Waals surface area (Å²) in [6.07, 6.45) is -0.395. The van der Waals surface area contributed by atoms with E-state index in [9.17, 15) is 22.8 Å². The fourth-order valence-corrected chi connectivity index (χ4v) is 6.46. The molecule has 0 bridgehead atoms. The van der Waals surface area contributed by atoms with Gasteiger partial charge in [-0.15, -0.1) is 0 Å². The number of nitrogens with zero attached hydrogens (tertiary/aromatic N) is 2. The highest BCUT2D eigenvalue weighted by molar-refractivity contribution is 7.89. The molecule has 1 fully saturated rings. The van der Waals surface area contributed by atoms with Crippen LogP contribution in [0.25, 0.3) is 0 Å². The number of carbonyl (C=O) groups excluding carboxylic acids is 3. The number of sulfonamides is 1. The standard InChI is InChI=1S/C25H20Cl3N3O5S/c1-15(32)29-18-7-9-19(10-8-18)31-24(33)13-22(25(31)34)30(14-16-4-2-3-5-20(16)27)37(35,36)23-12-17(26)6-11-21(23)28/h2-12,22H,13-14H2,1H3,(H,29,32). The first-order valence-corrected chi connectivity index (χ1v) is 13.5. The highest BCUT2D eigenvalue weighted by Gasteiger charge is 2.47. The van der Waals surface area contributed by atoms with Crippen LogP contribution in [0.1, 0.15) is 18.9 Å². The monoisotopic (exact) mass is 579 g/mol. The van der Waals surface area contributed by atoms with Crippen molar-refractivity contribution in [2.24, 2.45) is 0 Å². The molecule has 4 rings (SSSR count). The Bertz CT molecular complexity index is 1500. The van der Waals surface area contributed by atoms with Crippen LogP contribution in [0.5, 0.6) is 0 Å². The van der Waals surface area contributed by atoms with Gasteiger partial charge in [0.2, 0.25) is 21.8 Å². The van der Waals surface area contributed by atoms with Crippen LogP contribution in [-0.2, 0) is 31.0 Å². The highest BCUT2D eigenvalue weighted by atomic mass is 35.5. The molecule has 1 heterocycles. The number of anilines is 2. The van der Waals surface area contributed by atoms with Crippen LogP contribution >= 0.6 is 34.8 Å². The molecule has 0 aliphatic carbocycles. The van der Waals surface area contributed by atoms with Gasteiger partial charge in [-0.1, -0.05) is 53.0 Å². The van der Waals surface area contributed by atoms with E-state index in [4.69, 9.17) is 34.8 Å². The van der Waals surface area contributed by atoms with Crippen molar-refractivity contribution in [3.05, 3.63) is 87.4 Å². The first-order valence-electron chi connectivity index (χ1n) is 10.9. The number of halogens is 3. The van der Waals surface area contributed by atoms with Crippen LogP contribution in [0.15, 0.2) is 71.6 Å². The number of hydrogen-bond acceptors (Lipinski definition) is 5. The highest BCUT2D eigenvalue weighted by Crippen LogP contribution is 2.35. The summed E-state index contributed by atoms with van der Waals surface area (Å²) in [4.78, 5) is 38.5. The topological polar surface area (TPSA) is 104 Å². The van der Waals surface area contributed by atoms with E-state index in [1.165, 1.54) is 49.4 Å². The quantitative estimate of drug-likeness (QED) is 0.390. The van der Waals surface area contributed by atoms with E-state index in [2.05, 4.69) is 5.32 Å². The average molecular weight is 581 g/mol. The molecule has 3 aromatic rings. The summed E-state index contributed by atoms with van der Waals surface area (Å²) in [5.41, 5.74) is 1.15. The van der Waals surface area contributed by atoms with Crippen molar-refractivity contribution in [1.82, 2.24) is 4.31 Å². The van der Waals surface area contributed by atoms with E-state index in [1.54, 1.807) is 24.3 Å². The molecule has 8 nitrogen and oxygen atoms in total. The maximum atomic E-state index is 13.9. The molecule has 3 aromatic carbocycles. The van der Waals surface area contributed by atoms with Crippen LogP contribution in [-0.4, -0.2) is 36.5 Å². The zero-order valence-electron chi connectivity index (χ0n) is 19.3. The van der Waals surface area contributed by atoms with Gasteiger partial charge < -0.3 is 5.32 Å². The lowest BCUT2D eigenvalue weighted by Crippen LogP contribution is -2.45. The van der Waals surface area contributed by atoms with E-state index in [-0.39, 0.29) is 33.1 Å². The van der Waals surface area contributed by atoms with E-state index in [1.807, 2.05) is 0 Å². The molecular weight excluding hydrogens is 561 g/mol. The predicted molar refractivity (Wildman–Crippen MR) is 142 cm³/mol. The van der Waals surface area contributed by atoms with Gasteiger partial charge in [-0.3, -0.25) is 14.4 Å². The number of imide groups is 1. The van der Waals surface area contributed by atoms with Crippen molar-refractivity contribution >= 4 is 73.9 Å². The summed E-state index contributed by atoms with van der Waals surface area (Å²) in [7, 11) is -4.42. The second kappa shape index (κ2) is 10.8. The number of carbonyl (C=O) groups is 3. The third-order valence-electron chi connectivity index (χ3n) is 5.68. The van der Waals surface area contributed by atoms with Crippen molar-refractivity contribution in [1.29, 1.82) is 0 Å². The van der Waals surface area contributed by atoms with Gasteiger partial charge in [0.25, 0.3) is 5.91 Å². The Kier molecular flexibility index (Phi) is 7.91. The molecule has 1 unspecified atom stereocenters. The molecule has 0 saturated carbocycles. The molecule has 1 atom stereocenters. The maximum Gasteiger partial charge on any atom is 0.252 e. The van der Waals surface area contributed by atoms with Gasteiger partial charge in [-0.25, -0.2) is 13.3 Å². The maximum absolute atomic E-state index is 13.9. The number of nitrogens with one attached hydrogen (secondary N) is 1. The third kappa shape index (κ3) is 5.66. The molecular formula is C25H20Cl3N3O5S. The van der Waals surface area contributed by atoms with E-state index in [0.717, 1.165) is 9.21 Å². The summed E-state index contributed by atoms with van der Waals surface area (Å²) in [5.74, 6) is -1.59. The lowest BCUT2D eigenvalue weighted by atomic mass is 10.2. The Balaban J connectivity index is 1.75. The molecule has 3 amide bonds. The summed E-state index contributed by atoms with van der Waals surface area (Å²) in [6, 6.07) is 15.3. The minimum atomic E-state index is -4.42. The van der Waals surface area contributed by atoms with Gasteiger partial charge in [-0.05, 0) is 54.1 Å². The van der Waals surface area contributed by atoms with Crippen LogP contribution < -0.4 is 10.2 Å². The smallest absolute Gasteiger partial charge is 0.252 e. The number of hydrogen-bond donors (Lipinski definition) is 1. The van der Waals surface area contributed by atoms with Crippen molar-refractivity contribution in [2.75, 3.05) is 10.2 Å². The van der Waals surface area contributed by atoms with Crippen LogP contribution in [0.4, 0.5) is 11.4 Å². The summed E-state index contributed by atoms with van der Waals surface area (Å²) in [6.45, 7) is 1.07. The summed E-state index contributed by atoms with van der Waals surface area (Å²) in [5, 5.41) is 2.94. The second-order valence-corrected chi connectivity index (χ2v) is 11.3. The van der Waals surface area contributed by atoms with Crippen molar-refractivity contribution in [3.8, 4) is 0 Å². The molecule has 1 saturated heterocycles. The first kappa shape index (κ1) is 27.1. The van der Waals surface area contributed by atoms with Gasteiger partial charge in [0.05, 0.1) is 17.1 Å².